The Morgan fingerprint density at radius 2 is 2.10 bits per heavy atom. The number of halogens is 2. The minimum absolute atomic E-state index is 0.0635. The third kappa shape index (κ3) is 3.95. The number of nitrogen functional groups attached to an aromatic ring is 1. The molecule has 1 heterocycles. The first-order valence-electron chi connectivity index (χ1n) is 8.95. The van der Waals surface area contributed by atoms with Crippen molar-refractivity contribution in [2.75, 3.05) is 36.6 Å². The van der Waals surface area contributed by atoms with Crippen LogP contribution < -0.4 is 16.4 Å². The van der Waals surface area contributed by atoms with Gasteiger partial charge in [0.15, 0.2) is 0 Å². The number of benzene rings is 2. The van der Waals surface area contributed by atoms with Gasteiger partial charge in [0.1, 0.15) is 17.2 Å². The monoisotopic (exact) mass is 401 g/mol. The van der Waals surface area contributed by atoms with Gasteiger partial charge in [-0.1, -0.05) is 0 Å². The minimum atomic E-state index is -1.13. The number of carbonyl (C=O) groups is 1. The van der Waals surface area contributed by atoms with E-state index in [9.17, 15) is 13.6 Å². The van der Waals surface area contributed by atoms with Crippen LogP contribution in [0.15, 0.2) is 24.3 Å². The first-order chi connectivity index (χ1) is 13.9. The van der Waals surface area contributed by atoms with Crippen LogP contribution in [0.1, 0.15) is 27.9 Å². The van der Waals surface area contributed by atoms with Crippen LogP contribution >= 0.6 is 0 Å². The van der Waals surface area contributed by atoms with E-state index in [0.29, 0.717) is 37.1 Å². The average molecular weight is 401 g/mol. The zero-order valence-electron chi connectivity index (χ0n) is 15.7. The van der Waals surface area contributed by atoms with Gasteiger partial charge in [0.05, 0.1) is 12.2 Å². The number of nitrogens with one attached hydrogen (secondary N) is 4. The Hall–Kier alpha value is -3.33. The molecule has 1 atom stereocenters. The number of rotatable bonds is 6. The molecule has 1 amide bonds. The molecule has 0 aliphatic carbocycles. The van der Waals surface area contributed by atoms with Crippen LogP contribution in [0.2, 0.25) is 0 Å². The van der Waals surface area contributed by atoms with Crippen molar-refractivity contribution in [1.82, 2.24) is 0 Å². The van der Waals surface area contributed by atoms with Gasteiger partial charge < -0.3 is 31.9 Å². The molecule has 29 heavy (non-hydrogen) atoms. The molecule has 2 aromatic carbocycles. The van der Waals surface area contributed by atoms with Crippen LogP contribution in [0, 0.1) is 28.4 Å². The van der Waals surface area contributed by atoms with Gasteiger partial charge >= 0.3 is 0 Å². The number of anilines is 3. The van der Waals surface area contributed by atoms with Crippen molar-refractivity contribution in [1.29, 1.82) is 10.8 Å². The van der Waals surface area contributed by atoms with Gasteiger partial charge in [-0.05, 0) is 30.7 Å². The highest BCUT2D eigenvalue weighted by molar-refractivity contribution is 6.09. The largest absolute Gasteiger partial charge is 0.398 e. The second-order valence-electron chi connectivity index (χ2n) is 6.63. The molecule has 2 aromatic rings. The van der Waals surface area contributed by atoms with Crippen LogP contribution in [0.4, 0.5) is 25.8 Å². The Bertz CT molecular complexity index is 987. The smallest absolute Gasteiger partial charge is 0.261 e. The zero-order chi connectivity index (χ0) is 21.1. The third-order valence-corrected chi connectivity index (χ3v) is 4.84. The van der Waals surface area contributed by atoms with E-state index in [1.165, 1.54) is 25.2 Å². The number of carbonyl (C=O) groups excluding carboxylic acids is 1. The second kappa shape index (κ2) is 8.36. The molecule has 0 spiro atoms. The number of ether oxygens (including phenoxy) is 1. The topological polar surface area (TPSA) is 124 Å². The molecule has 0 aromatic heterocycles. The Balaban J connectivity index is 1.91. The van der Waals surface area contributed by atoms with Gasteiger partial charge in [-0.2, -0.15) is 0 Å². The molecular weight excluding hydrogens is 380 g/mol. The predicted octanol–water partition coefficient (Wildman–Crippen LogP) is 3.24. The summed E-state index contributed by atoms with van der Waals surface area (Å²) in [5, 5.41) is 20.7. The number of hydrogen-bond acceptors (Lipinski definition) is 6. The lowest BCUT2D eigenvalue weighted by Crippen LogP contribution is -2.19. The van der Waals surface area contributed by atoms with E-state index in [4.69, 9.17) is 21.3 Å². The lowest BCUT2D eigenvalue weighted by Gasteiger charge is -2.15. The second-order valence-corrected chi connectivity index (χ2v) is 6.63. The first kappa shape index (κ1) is 20.4. The van der Waals surface area contributed by atoms with Gasteiger partial charge in [-0.15, -0.1) is 0 Å². The van der Waals surface area contributed by atoms with Gasteiger partial charge in [0, 0.05) is 54.1 Å². The molecule has 1 aliphatic rings. The zero-order valence-corrected chi connectivity index (χ0v) is 15.7. The van der Waals surface area contributed by atoms with Crippen molar-refractivity contribution in [3.8, 4) is 0 Å². The molecule has 0 radical (unpaired) electrons. The van der Waals surface area contributed by atoms with Crippen molar-refractivity contribution in [3.63, 3.8) is 0 Å². The fourth-order valence-electron chi connectivity index (χ4n) is 3.23. The summed E-state index contributed by atoms with van der Waals surface area (Å²) < 4.78 is 34.3. The molecule has 0 bridgehead atoms. The Morgan fingerprint density at radius 1 is 1.34 bits per heavy atom. The van der Waals surface area contributed by atoms with Crippen molar-refractivity contribution in [3.05, 3.63) is 52.6 Å². The highest BCUT2D eigenvalue weighted by atomic mass is 19.1. The third-order valence-electron chi connectivity index (χ3n) is 4.84. The summed E-state index contributed by atoms with van der Waals surface area (Å²) in [4.78, 5) is 12.6. The maximum atomic E-state index is 14.7. The summed E-state index contributed by atoms with van der Waals surface area (Å²) in [7, 11) is 1.46. The van der Waals surface area contributed by atoms with E-state index in [0.717, 1.165) is 6.07 Å². The van der Waals surface area contributed by atoms with Crippen LogP contribution in [-0.2, 0) is 4.74 Å². The summed E-state index contributed by atoms with van der Waals surface area (Å²) >= 11 is 0. The van der Waals surface area contributed by atoms with E-state index in [1.807, 2.05) is 0 Å². The molecule has 9 heteroatoms. The molecule has 1 fully saturated rings. The summed E-state index contributed by atoms with van der Waals surface area (Å²) in [6.07, 6.45) is 1.42. The molecule has 7 nitrogen and oxygen atoms in total. The maximum Gasteiger partial charge on any atom is 0.261 e. The Kier molecular flexibility index (Phi) is 5.88. The van der Waals surface area contributed by atoms with Gasteiger partial charge in [-0.3, -0.25) is 4.79 Å². The molecule has 1 saturated heterocycles. The first-order valence-corrected chi connectivity index (χ1v) is 8.95. The molecule has 152 valence electrons. The fourth-order valence-corrected chi connectivity index (χ4v) is 3.23. The summed E-state index contributed by atoms with van der Waals surface area (Å²) in [5.74, 6) is -3.28. The van der Waals surface area contributed by atoms with Crippen LogP contribution in [-0.4, -0.2) is 38.1 Å². The van der Waals surface area contributed by atoms with Crippen LogP contribution in [0.3, 0.4) is 0 Å². The highest BCUT2D eigenvalue weighted by Gasteiger charge is 2.25. The normalized spacial score (nSPS) is 15.8. The quantitative estimate of drug-likeness (QED) is 0.376. The van der Waals surface area contributed by atoms with Crippen molar-refractivity contribution >= 4 is 34.9 Å². The SMILES string of the molecule is CNc1cc(F)c(C(=O)Nc2ccc(N)c(C(=N)C3CCOC3)c2)c(F)c1C=N. The lowest BCUT2D eigenvalue weighted by molar-refractivity contribution is 0.101. The lowest BCUT2D eigenvalue weighted by atomic mass is 9.94. The van der Waals surface area contributed by atoms with Crippen LogP contribution in [0.5, 0.6) is 0 Å². The van der Waals surface area contributed by atoms with Gasteiger partial charge in [-0.25, -0.2) is 8.78 Å². The average Bonchev–Trinajstić information content (AvgIpc) is 3.23. The Labute approximate surface area is 166 Å². The van der Waals surface area contributed by atoms with E-state index < -0.39 is 23.1 Å². The van der Waals surface area contributed by atoms with E-state index in [2.05, 4.69) is 10.6 Å². The van der Waals surface area contributed by atoms with E-state index >= 15 is 0 Å². The van der Waals surface area contributed by atoms with Crippen molar-refractivity contribution in [2.24, 2.45) is 5.92 Å². The minimum Gasteiger partial charge on any atom is -0.398 e. The van der Waals surface area contributed by atoms with Crippen LogP contribution in [0.25, 0.3) is 0 Å². The highest BCUT2D eigenvalue weighted by Crippen LogP contribution is 2.27. The Morgan fingerprint density at radius 3 is 2.72 bits per heavy atom. The molecule has 0 saturated carbocycles. The summed E-state index contributed by atoms with van der Waals surface area (Å²) in [5.41, 5.74) is 6.36. The molecule has 1 aliphatic heterocycles. The number of hydrogen-bond donors (Lipinski definition) is 5. The standard InChI is InChI=1S/C20H21F2N5O2/c1-26-16-7-14(21)17(18(22)13(16)8-23)20(28)27-11-2-3-15(24)12(6-11)19(25)10-4-5-29-9-10/h2-3,6-8,10,23,25-26H,4-5,9,24H2,1H3,(H,27,28). The van der Waals surface area contributed by atoms with Crippen molar-refractivity contribution in [2.45, 2.75) is 6.42 Å². The molecule has 3 rings (SSSR count). The van der Waals surface area contributed by atoms with E-state index in [1.54, 1.807) is 0 Å². The molecular formula is C20H21F2N5O2. The summed E-state index contributed by atoms with van der Waals surface area (Å²) in [6, 6.07) is 5.48. The van der Waals surface area contributed by atoms with Crippen molar-refractivity contribution < 1.29 is 18.3 Å². The predicted molar refractivity (Wildman–Crippen MR) is 108 cm³/mol. The molecule has 1 unspecified atom stereocenters. The summed E-state index contributed by atoms with van der Waals surface area (Å²) in [6.45, 7) is 0.995. The number of nitrogens with two attached hydrogens (primary N) is 1. The molecule has 6 N–H and O–H groups in total. The number of amides is 1. The fraction of sp³-hybridized carbons (Fsp3) is 0.250. The maximum absolute atomic E-state index is 14.7. The van der Waals surface area contributed by atoms with Gasteiger partial charge in [0.25, 0.3) is 5.91 Å². The van der Waals surface area contributed by atoms with E-state index in [-0.39, 0.29) is 28.6 Å². The van der Waals surface area contributed by atoms with Gasteiger partial charge in [0.2, 0.25) is 0 Å².